The Hall–Kier alpha value is -3.23. The summed E-state index contributed by atoms with van der Waals surface area (Å²) < 4.78 is 7.37. The Morgan fingerprint density at radius 1 is 1.07 bits per heavy atom. The van der Waals surface area contributed by atoms with Gasteiger partial charge in [-0.1, -0.05) is 41.6 Å². The number of rotatable bonds is 8. The lowest BCUT2D eigenvalue weighted by atomic mass is 10.3. The minimum absolute atomic E-state index is 0.0440. The molecule has 1 atom stereocenters. The molecule has 1 aliphatic rings. The molecule has 3 aromatic rings. The maximum absolute atomic E-state index is 12.8. The third-order valence-electron chi connectivity index (χ3n) is 4.96. The van der Waals surface area contributed by atoms with Crippen molar-refractivity contribution in [2.75, 3.05) is 31.6 Å². The van der Waals surface area contributed by atoms with Crippen LogP contribution in [0.1, 0.15) is 23.3 Å². The number of nitrogens with one attached hydrogen (secondary N) is 1. The second-order valence-electron chi connectivity index (χ2n) is 7.28. The summed E-state index contributed by atoms with van der Waals surface area (Å²) in [7, 11) is 0. The molecule has 8 nitrogen and oxygen atoms in total. The number of ether oxygens (including phenoxy) is 1. The van der Waals surface area contributed by atoms with Crippen LogP contribution in [0.25, 0.3) is 5.69 Å². The van der Waals surface area contributed by atoms with Gasteiger partial charge in [-0.3, -0.25) is 4.79 Å². The van der Waals surface area contributed by atoms with Gasteiger partial charge in [0.05, 0.1) is 5.69 Å². The summed E-state index contributed by atoms with van der Waals surface area (Å²) in [6.07, 6.45) is 1.64. The highest BCUT2D eigenvalue weighted by molar-refractivity contribution is 6.04. The fourth-order valence-corrected chi connectivity index (χ4v) is 3.49. The number of nitrogens with zero attached hydrogens (tertiary/aromatic N) is 4. The number of anilines is 1. The summed E-state index contributed by atoms with van der Waals surface area (Å²) in [5.41, 5.74) is 1.43. The molecule has 1 aromatic heterocycles. The van der Waals surface area contributed by atoms with Gasteiger partial charge in [0.1, 0.15) is 12.7 Å². The molecule has 8 heteroatoms. The number of hydrogen-bond donors (Lipinski definition) is 2. The molecule has 1 saturated heterocycles. The second kappa shape index (κ2) is 9.51. The monoisotopic (exact) mass is 407 g/mol. The van der Waals surface area contributed by atoms with Gasteiger partial charge in [0.15, 0.2) is 0 Å². The minimum atomic E-state index is -0.674. The molecular weight excluding hydrogens is 382 g/mol. The molecular formula is C22H25N5O3. The Morgan fingerprint density at radius 3 is 2.43 bits per heavy atom. The molecule has 2 aromatic carbocycles. The molecule has 4 rings (SSSR count). The van der Waals surface area contributed by atoms with E-state index in [9.17, 15) is 9.90 Å². The van der Waals surface area contributed by atoms with Gasteiger partial charge < -0.3 is 20.1 Å². The van der Waals surface area contributed by atoms with Crippen LogP contribution in [-0.4, -0.2) is 63.3 Å². The van der Waals surface area contributed by atoms with E-state index < -0.39 is 12.0 Å². The van der Waals surface area contributed by atoms with Crippen molar-refractivity contribution in [3.8, 4) is 11.6 Å². The predicted octanol–water partition coefficient (Wildman–Crippen LogP) is 2.36. The van der Waals surface area contributed by atoms with Gasteiger partial charge >= 0.3 is 0 Å². The van der Waals surface area contributed by atoms with Crippen LogP contribution in [0.2, 0.25) is 0 Å². The van der Waals surface area contributed by atoms with E-state index in [0.29, 0.717) is 17.9 Å². The first-order chi connectivity index (χ1) is 14.7. The molecule has 156 valence electrons. The number of β-amino-alcohol motifs (C(OH)–C–C–N with tert-alkyl or cyclic N) is 1. The molecule has 2 N–H and O–H groups in total. The highest BCUT2D eigenvalue weighted by Crippen LogP contribution is 2.22. The number of hydrogen-bond acceptors (Lipinski definition) is 6. The Kier molecular flexibility index (Phi) is 6.36. The summed E-state index contributed by atoms with van der Waals surface area (Å²) in [6.45, 7) is 2.57. The summed E-state index contributed by atoms with van der Waals surface area (Å²) in [6, 6.07) is 18.5. The van der Waals surface area contributed by atoms with E-state index in [4.69, 9.17) is 4.74 Å². The Morgan fingerprint density at radius 2 is 1.73 bits per heavy atom. The smallest absolute Gasteiger partial charge is 0.281 e. The molecule has 1 unspecified atom stereocenters. The largest absolute Gasteiger partial charge is 0.473 e. The molecule has 0 aliphatic carbocycles. The summed E-state index contributed by atoms with van der Waals surface area (Å²) in [4.78, 5) is 15.0. The van der Waals surface area contributed by atoms with Crippen molar-refractivity contribution >= 4 is 11.6 Å². The molecule has 2 heterocycles. The van der Waals surface area contributed by atoms with E-state index in [1.807, 2.05) is 48.5 Å². The number of carbonyl (C=O) groups is 1. The van der Waals surface area contributed by atoms with Gasteiger partial charge in [-0.15, -0.1) is 5.10 Å². The van der Waals surface area contributed by atoms with E-state index in [0.717, 1.165) is 25.9 Å². The molecule has 1 amide bonds. The number of amides is 1. The van der Waals surface area contributed by atoms with Crippen LogP contribution >= 0.6 is 0 Å². The summed E-state index contributed by atoms with van der Waals surface area (Å²) >= 11 is 0. The third kappa shape index (κ3) is 4.84. The number of aliphatic hydroxyl groups excluding tert-OH is 1. The van der Waals surface area contributed by atoms with Crippen LogP contribution in [0.5, 0.6) is 5.88 Å². The van der Waals surface area contributed by atoms with Crippen molar-refractivity contribution in [1.29, 1.82) is 0 Å². The van der Waals surface area contributed by atoms with E-state index >= 15 is 0 Å². The van der Waals surface area contributed by atoms with Crippen LogP contribution in [-0.2, 0) is 0 Å². The zero-order chi connectivity index (χ0) is 20.8. The van der Waals surface area contributed by atoms with Gasteiger partial charge in [-0.2, -0.15) is 4.68 Å². The topological polar surface area (TPSA) is 92.5 Å². The standard InChI is InChI=1S/C22H25N5O3/c28-19(15-26-13-7-8-14-26)16-30-22-20(21(29)23-17-9-3-1-4-10-17)24-25-27(22)18-11-5-2-6-12-18/h1-6,9-12,19,28H,7-8,13-16H2,(H,23,29). The molecule has 0 bridgehead atoms. The predicted molar refractivity (Wildman–Crippen MR) is 113 cm³/mol. The lowest BCUT2D eigenvalue weighted by Gasteiger charge is -2.19. The SMILES string of the molecule is O=C(Nc1ccccc1)c1nnn(-c2ccccc2)c1OCC(O)CN1CCCC1. The Balaban J connectivity index is 1.53. The summed E-state index contributed by atoms with van der Waals surface area (Å²) in [5, 5.41) is 21.4. The first-order valence-corrected chi connectivity index (χ1v) is 10.1. The lowest BCUT2D eigenvalue weighted by molar-refractivity contribution is 0.0719. The maximum Gasteiger partial charge on any atom is 0.281 e. The summed E-state index contributed by atoms with van der Waals surface area (Å²) in [5.74, 6) is -0.220. The molecule has 30 heavy (non-hydrogen) atoms. The van der Waals surface area contributed by atoms with Crippen molar-refractivity contribution in [3.05, 3.63) is 66.4 Å². The van der Waals surface area contributed by atoms with Crippen molar-refractivity contribution < 1.29 is 14.6 Å². The lowest BCUT2D eigenvalue weighted by Crippen LogP contribution is -2.34. The quantitative estimate of drug-likeness (QED) is 0.596. The number of benzene rings is 2. The van der Waals surface area contributed by atoms with Crippen LogP contribution in [0.3, 0.4) is 0 Å². The maximum atomic E-state index is 12.8. The van der Waals surface area contributed by atoms with E-state index in [-0.39, 0.29) is 18.2 Å². The molecule has 1 aliphatic heterocycles. The highest BCUT2D eigenvalue weighted by Gasteiger charge is 2.24. The van der Waals surface area contributed by atoms with Gasteiger partial charge in [0.25, 0.3) is 11.8 Å². The minimum Gasteiger partial charge on any atom is -0.473 e. The van der Waals surface area contributed by atoms with Gasteiger partial charge in [0, 0.05) is 12.2 Å². The number of carbonyl (C=O) groups excluding carboxylic acids is 1. The molecule has 1 fully saturated rings. The van der Waals surface area contributed by atoms with E-state index in [1.165, 1.54) is 4.68 Å². The van der Waals surface area contributed by atoms with Crippen LogP contribution in [0.15, 0.2) is 60.7 Å². The number of para-hydroxylation sites is 2. The molecule has 0 saturated carbocycles. The zero-order valence-electron chi connectivity index (χ0n) is 16.6. The van der Waals surface area contributed by atoms with Crippen LogP contribution < -0.4 is 10.1 Å². The molecule has 0 spiro atoms. The molecule has 0 radical (unpaired) electrons. The first-order valence-electron chi connectivity index (χ1n) is 10.1. The van der Waals surface area contributed by atoms with Gasteiger partial charge in [0.2, 0.25) is 5.69 Å². The number of aromatic nitrogens is 3. The van der Waals surface area contributed by atoms with E-state index in [1.54, 1.807) is 12.1 Å². The van der Waals surface area contributed by atoms with Crippen LogP contribution in [0, 0.1) is 0 Å². The van der Waals surface area contributed by atoms with Crippen molar-refractivity contribution in [3.63, 3.8) is 0 Å². The van der Waals surface area contributed by atoms with Gasteiger partial charge in [-0.25, -0.2) is 0 Å². The highest BCUT2D eigenvalue weighted by atomic mass is 16.5. The fraction of sp³-hybridized carbons (Fsp3) is 0.318. The van der Waals surface area contributed by atoms with Crippen molar-refractivity contribution in [1.82, 2.24) is 19.9 Å². The van der Waals surface area contributed by atoms with Gasteiger partial charge in [-0.05, 0) is 50.2 Å². The average Bonchev–Trinajstić information content (AvgIpc) is 3.43. The fourth-order valence-electron chi connectivity index (χ4n) is 3.49. The average molecular weight is 407 g/mol. The third-order valence-corrected chi connectivity index (χ3v) is 4.96. The second-order valence-corrected chi connectivity index (χ2v) is 7.28. The van der Waals surface area contributed by atoms with E-state index in [2.05, 4.69) is 20.5 Å². The van der Waals surface area contributed by atoms with Crippen LogP contribution in [0.4, 0.5) is 5.69 Å². The van der Waals surface area contributed by atoms with Crippen molar-refractivity contribution in [2.45, 2.75) is 18.9 Å². The zero-order valence-corrected chi connectivity index (χ0v) is 16.6. The van der Waals surface area contributed by atoms with Crippen molar-refractivity contribution in [2.24, 2.45) is 0 Å². The normalized spacial score (nSPS) is 15.1. The Bertz CT molecular complexity index is 955. The first kappa shape index (κ1) is 20.1. The number of aliphatic hydroxyl groups is 1. The number of likely N-dealkylation sites (tertiary alicyclic amines) is 1. The Labute approximate surface area is 175 Å².